The van der Waals surface area contributed by atoms with Crippen LogP contribution in [0, 0.1) is 5.82 Å². The standard InChI is InChI=1S/C12H12FN3O2S/c13-10-3-1-9(2-4-10)8-16-19(17,18)11-5-6-15-12(14)7-11/h1-7,16H,8H2,(H2,14,15). The van der Waals surface area contributed by atoms with E-state index in [9.17, 15) is 12.8 Å². The topological polar surface area (TPSA) is 85.1 Å². The third-order valence-corrected chi connectivity index (χ3v) is 3.84. The number of benzene rings is 1. The van der Waals surface area contributed by atoms with Crippen molar-refractivity contribution < 1.29 is 12.8 Å². The molecule has 0 aliphatic rings. The lowest BCUT2D eigenvalue weighted by atomic mass is 10.2. The van der Waals surface area contributed by atoms with Crippen LogP contribution in [-0.4, -0.2) is 13.4 Å². The van der Waals surface area contributed by atoms with E-state index < -0.39 is 10.0 Å². The fraction of sp³-hybridized carbons (Fsp3) is 0.0833. The number of anilines is 1. The first kappa shape index (κ1) is 13.4. The molecule has 0 atom stereocenters. The highest BCUT2D eigenvalue weighted by molar-refractivity contribution is 7.89. The lowest BCUT2D eigenvalue weighted by Crippen LogP contribution is -2.23. The molecule has 1 aromatic carbocycles. The first-order valence-electron chi connectivity index (χ1n) is 5.43. The molecule has 5 nitrogen and oxygen atoms in total. The van der Waals surface area contributed by atoms with Crippen LogP contribution in [0.25, 0.3) is 0 Å². The summed E-state index contributed by atoms with van der Waals surface area (Å²) in [6.07, 6.45) is 1.32. The van der Waals surface area contributed by atoms with Crippen molar-refractivity contribution in [1.29, 1.82) is 0 Å². The van der Waals surface area contributed by atoms with Crippen molar-refractivity contribution in [2.45, 2.75) is 11.4 Å². The molecule has 0 spiro atoms. The second-order valence-electron chi connectivity index (χ2n) is 3.87. The Morgan fingerprint density at radius 3 is 2.53 bits per heavy atom. The third kappa shape index (κ3) is 3.49. The van der Waals surface area contributed by atoms with E-state index in [1.165, 1.54) is 42.6 Å². The van der Waals surface area contributed by atoms with E-state index in [-0.39, 0.29) is 23.1 Å². The van der Waals surface area contributed by atoms with Crippen LogP contribution in [0.3, 0.4) is 0 Å². The Hall–Kier alpha value is -1.99. The van der Waals surface area contributed by atoms with Crippen molar-refractivity contribution in [3.05, 3.63) is 54.0 Å². The lowest BCUT2D eigenvalue weighted by Gasteiger charge is -2.07. The highest BCUT2D eigenvalue weighted by Crippen LogP contribution is 2.11. The maximum atomic E-state index is 12.7. The van der Waals surface area contributed by atoms with Crippen LogP contribution in [-0.2, 0) is 16.6 Å². The average Bonchev–Trinajstić information content (AvgIpc) is 2.38. The van der Waals surface area contributed by atoms with Gasteiger partial charge in [-0.25, -0.2) is 22.5 Å². The van der Waals surface area contributed by atoms with Crippen molar-refractivity contribution in [3.8, 4) is 0 Å². The van der Waals surface area contributed by atoms with Gasteiger partial charge in [0, 0.05) is 18.8 Å². The minimum atomic E-state index is -3.65. The smallest absolute Gasteiger partial charge is 0.241 e. The molecule has 100 valence electrons. The van der Waals surface area contributed by atoms with Crippen molar-refractivity contribution in [2.24, 2.45) is 0 Å². The van der Waals surface area contributed by atoms with Gasteiger partial charge in [-0.15, -0.1) is 0 Å². The zero-order valence-corrected chi connectivity index (χ0v) is 10.7. The van der Waals surface area contributed by atoms with Crippen molar-refractivity contribution in [2.75, 3.05) is 5.73 Å². The zero-order chi connectivity index (χ0) is 13.9. The minimum Gasteiger partial charge on any atom is -0.384 e. The second kappa shape index (κ2) is 5.33. The average molecular weight is 281 g/mol. The number of nitrogens with one attached hydrogen (secondary N) is 1. The molecular formula is C12H12FN3O2S. The number of nitrogens with two attached hydrogens (primary N) is 1. The zero-order valence-electron chi connectivity index (χ0n) is 9.88. The number of hydrogen-bond donors (Lipinski definition) is 2. The van der Waals surface area contributed by atoms with Crippen LogP contribution >= 0.6 is 0 Å². The van der Waals surface area contributed by atoms with Gasteiger partial charge in [0.15, 0.2) is 0 Å². The van der Waals surface area contributed by atoms with Gasteiger partial charge < -0.3 is 5.73 Å². The third-order valence-electron chi connectivity index (χ3n) is 2.44. The van der Waals surface area contributed by atoms with Gasteiger partial charge in [-0.3, -0.25) is 0 Å². The molecule has 2 rings (SSSR count). The number of aromatic nitrogens is 1. The summed E-state index contributed by atoms with van der Waals surface area (Å²) in [7, 11) is -3.65. The van der Waals surface area contributed by atoms with Crippen LogP contribution in [0.5, 0.6) is 0 Å². The lowest BCUT2D eigenvalue weighted by molar-refractivity contribution is 0.581. The molecule has 0 saturated carbocycles. The first-order chi connectivity index (χ1) is 8.97. The van der Waals surface area contributed by atoms with Gasteiger partial charge in [-0.1, -0.05) is 12.1 Å². The van der Waals surface area contributed by atoms with Gasteiger partial charge >= 0.3 is 0 Å². The van der Waals surface area contributed by atoms with Gasteiger partial charge in [0.25, 0.3) is 0 Å². The minimum absolute atomic E-state index is 0.0436. The van der Waals surface area contributed by atoms with Crippen LogP contribution in [0.15, 0.2) is 47.5 Å². The summed E-state index contributed by atoms with van der Waals surface area (Å²) in [4.78, 5) is 3.77. The van der Waals surface area contributed by atoms with Crippen LogP contribution in [0.4, 0.5) is 10.2 Å². The highest BCUT2D eigenvalue weighted by Gasteiger charge is 2.13. The molecule has 19 heavy (non-hydrogen) atoms. The summed E-state index contributed by atoms with van der Waals surface area (Å²) >= 11 is 0. The highest BCUT2D eigenvalue weighted by atomic mass is 32.2. The van der Waals surface area contributed by atoms with E-state index in [1.54, 1.807) is 0 Å². The van der Waals surface area contributed by atoms with Crippen molar-refractivity contribution in [1.82, 2.24) is 9.71 Å². The fourth-order valence-electron chi connectivity index (χ4n) is 1.46. The van der Waals surface area contributed by atoms with Crippen LogP contribution in [0.2, 0.25) is 0 Å². The largest absolute Gasteiger partial charge is 0.384 e. The maximum absolute atomic E-state index is 12.7. The monoisotopic (exact) mass is 281 g/mol. The molecule has 1 aromatic heterocycles. The van der Waals surface area contributed by atoms with E-state index in [1.807, 2.05) is 0 Å². The number of nitrogen functional groups attached to an aromatic ring is 1. The number of nitrogens with zero attached hydrogens (tertiary/aromatic N) is 1. The normalized spacial score (nSPS) is 11.4. The van der Waals surface area contributed by atoms with Gasteiger partial charge in [0.2, 0.25) is 10.0 Å². The van der Waals surface area contributed by atoms with Gasteiger partial charge in [-0.05, 0) is 23.8 Å². The predicted molar refractivity (Wildman–Crippen MR) is 69.1 cm³/mol. The molecule has 3 N–H and O–H groups in total. The molecule has 0 amide bonds. The SMILES string of the molecule is Nc1cc(S(=O)(=O)NCc2ccc(F)cc2)ccn1. The predicted octanol–water partition coefficient (Wildman–Crippen LogP) is 1.28. The molecule has 7 heteroatoms. The fourth-order valence-corrected chi connectivity index (χ4v) is 2.50. The molecule has 0 aliphatic heterocycles. The maximum Gasteiger partial charge on any atom is 0.241 e. The summed E-state index contributed by atoms with van der Waals surface area (Å²) in [5, 5.41) is 0. The van der Waals surface area contributed by atoms with E-state index in [2.05, 4.69) is 9.71 Å². The molecule has 0 bridgehead atoms. The molecule has 0 unspecified atom stereocenters. The van der Waals surface area contributed by atoms with Gasteiger partial charge in [-0.2, -0.15) is 0 Å². The summed E-state index contributed by atoms with van der Waals surface area (Å²) < 4.78 is 39.0. The Labute approximate surface area is 110 Å². The van der Waals surface area contributed by atoms with E-state index in [4.69, 9.17) is 5.73 Å². The van der Waals surface area contributed by atoms with E-state index in [0.29, 0.717) is 5.56 Å². The van der Waals surface area contributed by atoms with Crippen molar-refractivity contribution >= 4 is 15.8 Å². The summed E-state index contributed by atoms with van der Waals surface area (Å²) in [6.45, 7) is 0.0742. The summed E-state index contributed by atoms with van der Waals surface area (Å²) in [5.74, 6) is -0.238. The Balaban J connectivity index is 2.12. The Bertz CT molecular complexity index is 672. The molecule has 1 heterocycles. The van der Waals surface area contributed by atoms with Gasteiger partial charge in [0.05, 0.1) is 4.90 Å². The Morgan fingerprint density at radius 2 is 1.89 bits per heavy atom. The Kier molecular flexibility index (Phi) is 3.77. The molecule has 0 fully saturated rings. The quantitative estimate of drug-likeness (QED) is 0.884. The molecule has 0 saturated heterocycles. The number of hydrogen-bond acceptors (Lipinski definition) is 4. The second-order valence-corrected chi connectivity index (χ2v) is 5.63. The molecule has 0 radical (unpaired) electrons. The number of pyridine rings is 1. The number of rotatable bonds is 4. The summed E-state index contributed by atoms with van der Waals surface area (Å²) in [5.41, 5.74) is 6.09. The molecular weight excluding hydrogens is 269 g/mol. The molecule has 0 aliphatic carbocycles. The Morgan fingerprint density at radius 1 is 1.21 bits per heavy atom. The van der Waals surface area contributed by atoms with Crippen molar-refractivity contribution in [3.63, 3.8) is 0 Å². The summed E-state index contributed by atoms with van der Waals surface area (Å²) in [6, 6.07) is 8.19. The van der Waals surface area contributed by atoms with Crippen LogP contribution in [0.1, 0.15) is 5.56 Å². The first-order valence-corrected chi connectivity index (χ1v) is 6.91. The van der Waals surface area contributed by atoms with E-state index in [0.717, 1.165) is 0 Å². The number of sulfonamides is 1. The van der Waals surface area contributed by atoms with E-state index >= 15 is 0 Å². The van der Waals surface area contributed by atoms with Gasteiger partial charge in [0.1, 0.15) is 11.6 Å². The number of halogens is 1. The molecule has 2 aromatic rings. The van der Waals surface area contributed by atoms with Crippen LogP contribution < -0.4 is 10.5 Å².